The Balaban J connectivity index is 1.32. The molecule has 31 heavy (non-hydrogen) atoms. The van der Waals surface area contributed by atoms with Gasteiger partial charge in [0.05, 0.1) is 17.1 Å². The first-order chi connectivity index (χ1) is 15.0. The van der Waals surface area contributed by atoms with Crippen molar-refractivity contribution in [3.63, 3.8) is 0 Å². The first-order valence-corrected chi connectivity index (χ1v) is 10.6. The van der Waals surface area contributed by atoms with Gasteiger partial charge in [0, 0.05) is 36.6 Å². The molecular formula is C23H21ClN4O3. The number of nitrogens with one attached hydrogen (secondary N) is 2. The molecule has 2 saturated heterocycles. The van der Waals surface area contributed by atoms with Gasteiger partial charge in [0.1, 0.15) is 12.1 Å². The van der Waals surface area contributed by atoms with Gasteiger partial charge in [0.2, 0.25) is 11.8 Å². The zero-order valence-electron chi connectivity index (χ0n) is 16.7. The van der Waals surface area contributed by atoms with Gasteiger partial charge in [-0.15, -0.1) is 0 Å². The monoisotopic (exact) mass is 436 g/mol. The minimum absolute atomic E-state index is 0.111. The molecule has 2 atom stereocenters. The normalized spacial score (nSPS) is 21.2. The number of hydrogen-bond acceptors (Lipinski definition) is 3. The number of rotatable bonds is 3. The SMILES string of the molecule is O=C1N[C@@H](Cc2c[nH]c3ccccc23)C(=O)N2CCN(C(=O)c3ccccc3Cl)C[C@H]12. The van der Waals surface area contributed by atoms with Crippen LogP contribution in [0.2, 0.25) is 5.02 Å². The van der Waals surface area contributed by atoms with E-state index in [0.717, 1.165) is 16.5 Å². The molecule has 3 aromatic rings. The molecule has 0 saturated carbocycles. The standard InChI is InChI=1S/C23H21ClN4O3/c24-17-7-3-1-6-16(17)22(30)27-9-10-28-20(13-27)21(29)26-19(23(28)31)11-14-12-25-18-8-4-2-5-15(14)18/h1-8,12,19-20,25H,9-11,13H2,(H,26,29)/t19-,20+/m0/s1. The zero-order valence-corrected chi connectivity index (χ0v) is 17.4. The minimum Gasteiger partial charge on any atom is -0.361 e. The molecule has 2 fully saturated rings. The average molecular weight is 437 g/mol. The maximum absolute atomic E-state index is 13.1. The number of para-hydroxylation sites is 1. The van der Waals surface area contributed by atoms with Crippen LogP contribution < -0.4 is 5.32 Å². The summed E-state index contributed by atoms with van der Waals surface area (Å²) in [6.07, 6.45) is 2.30. The van der Waals surface area contributed by atoms with Crippen LogP contribution in [0, 0.1) is 0 Å². The van der Waals surface area contributed by atoms with Gasteiger partial charge in [-0.2, -0.15) is 0 Å². The fraction of sp³-hybridized carbons (Fsp3) is 0.261. The maximum atomic E-state index is 13.1. The number of piperazine rings is 2. The van der Waals surface area contributed by atoms with E-state index in [0.29, 0.717) is 30.1 Å². The Morgan fingerprint density at radius 3 is 2.68 bits per heavy atom. The third-order valence-electron chi connectivity index (χ3n) is 6.07. The van der Waals surface area contributed by atoms with Crippen molar-refractivity contribution in [1.29, 1.82) is 0 Å². The molecule has 2 aromatic carbocycles. The number of amides is 3. The summed E-state index contributed by atoms with van der Waals surface area (Å²) in [7, 11) is 0. The number of nitrogens with zero attached hydrogens (tertiary/aromatic N) is 2. The molecule has 2 aliphatic rings. The molecule has 3 heterocycles. The third kappa shape index (κ3) is 3.45. The van der Waals surface area contributed by atoms with E-state index in [1.807, 2.05) is 30.5 Å². The van der Waals surface area contributed by atoms with Crippen LogP contribution in [0.5, 0.6) is 0 Å². The second-order valence-corrected chi connectivity index (χ2v) is 8.31. The Morgan fingerprint density at radius 2 is 1.84 bits per heavy atom. The van der Waals surface area contributed by atoms with Gasteiger partial charge in [-0.3, -0.25) is 14.4 Å². The summed E-state index contributed by atoms with van der Waals surface area (Å²) in [6.45, 7) is 0.832. The van der Waals surface area contributed by atoms with Gasteiger partial charge >= 0.3 is 0 Å². The predicted octanol–water partition coefficient (Wildman–Crippen LogP) is 2.22. The van der Waals surface area contributed by atoms with E-state index in [-0.39, 0.29) is 24.3 Å². The summed E-state index contributed by atoms with van der Waals surface area (Å²) < 4.78 is 0. The second kappa shape index (κ2) is 7.74. The summed E-state index contributed by atoms with van der Waals surface area (Å²) >= 11 is 6.16. The largest absolute Gasteiger partial charge is 0.361 e. The van der Waals surface area contributed by atoms with Crippen molar-refractivity contribution in [1.82, 2.24) is 20.1 Å². The van der Waals surface area contributed by atoms with Crippen LogP contribution in [0.3, 0.4) is 0 Å². The molecule has 5 rings (SSSR count). The van der Waals surface area contributed by atoms with E-state index in [4.69, 9.17) is 11.6 Å². The molecule has 0 unspecified atom stereocenters. The van der Waals surface area contributed by atoms with E-state index in [2.05, 4.69) is 10.3 Å². The molecule has 0 spiro atoms. The minimum atomic E-state index is -0.688. The number of carbonyl (C=O) groups excluding carboxylic acids is 3. The fourth-order valence-corrected chi connectivity index (χ4v) is 4.67. The van der Waals surface area contributed by atoms with Gasteiger partial charge in [0.15, 0.2) is 0 Å². The van der Waals surface area contributed by atoms with E-state index < -0.39 is 12.1 Å². The topological polar surface area (TPSA) is 85.5 Å². The Bertz CT molecular complexity index is 1190. The Hall–Kier alpha value is -3.32. The lowest BCUT2D eigenvalue weighted by molar-refractivity contribution is -0.152. The molecule has 3 amide bonds. The number of H-pyrrole nitrogens is 1. The third-order valence-corrected chi connectivity index (χ3v) is 6.40. The van der Waals surface area contributed by atoms with Gasteiger partial charge < -0.3 is 20.1 Å². The summed E-state index contributed by atoms with van der Waals surface area (Å²) in [5.74, 6) is -0.577. The summed E-state index contributed by atoms with van der Waals surface area (Å²) in [4.78, 5) is 45.3. The average Bonchev–Trinajstić information content (AvgIpc) is 3.20. The second-order valence-electron chi connectivity index (χ2n) is 7.90. The van der Waals surface area contributed by atoms with Gasteiger partial charge in [-0.25, -0.2) is 0 Å². The molecule has 2 N–H and O–H groups in total. The first-order valence-electron chi connectivity index (χ1n) is 10.2. The lowest BCUT2D eigenvalue weighted by Crippen LogP contribution is -2.70. The van der Waals surface area contributed by atoms with Crippen LogP contribution in [0.4, 0.5) is 0 Å². The number of aromatic amines is 1. The number of aromatic nitrogens is 1. The van der Waals surface area contributed by atoms with Crippen LogP contribution in [0.15, 0.2) is 54.7 Å². The number of halogens is 1. The van der Waals surface area contributed by atoms with Gasteiger partial charge in [0.25, 0.3) is 5.91 Å². The first kappa shape index (κ1) is 19.6. The van der Waals surface area contributed by atoms with Crippen molar-refractivity contribution in [3.8, 4) is 0 Å². The summed E-state index contributed by atoms with van der Waals surface area (Å²) in [6, 6.07) is 13.4. The molecule has 0 bridgehead atoms. The van der Waals surface area contributed by atoms with E-state index >= 15 is 0 Å². The van der Waals surface area contributed by atoms with E-state index in [9.17, 15) is 14.4 Å². The summed E-state index contributed by atoms with van der Waals surface area (Å²) in [5, 5.41) is 4.29. The number of carbonyl (C=O) groups is 3. The van der Waals surface area contributed by atoms with Crippen LogP contribution in [0.1, 0.15) is 15.9 Å². The Kier molecular flexibility index (Phi) is 4.90. The highest BCUT2D eigenvalue weighted by molar-refractivity contribution is 6.33. The molecule has 158 valence electrons. The molecule has 0 aliphatic carbocycles. The number of hydrogen-bond donors (Lipinski definition) is 2. The van der Waals surface area contributed by atoms with Crippen LogP contribution in [0.25, 0.3) is 10.9 Å². The highest BCUT2D eigenvalue weighted by atomic mass is 35.5. The van der Waals surface area contributed by atoms with E-state index in [1.165, 1.54) is 0 Å². The fourth-order valence-electron chi connectivity index (χ4n) is 4.45. The van der Waals surface area contributed by atoms with Crippen molar-refractivity contribution >= 4 is 40.2 Å². The smallest absolute Gasteiger partial charge is 0.255 e. The van der Waals surface area contributed by atoms with Crippen LogP contribution in [-0.2, 0) is 16.0 Å². The lowest BCUT2D eigenvalue weighted by atomic mass is 9.98. The van der Waals surface area contributed by atoms with Crippen molar-refractivity contribution in [3.05, 3.63) is 70.9 Å². The van der Waals surface area contributed by atoms with Gasteiger partial charge in [-0.1, -0.05) is 41.9 Å². The predicted molar refractivity (Wildman–Crippen MR) is 117 cm³/mol. The number of fused-ring (bicyclic) bond motifs is 2. The highest BCUT2D eigenvalue weighted by Crippen LogP contribution is 2.24. The van der Waals surface area contributed by atoms with E-state index in [1.54, 1.807) is 34.1 Å². The van der Waals surface area contributed by atoms with Crippen LogP contribution in [-0.4, -0.2) is 64.2 Å². The number of benzene rings is 2. The van der Waals surface area contributed by atoms with Crippen molar-refractivity contribution in [2.45, 2.75) is 18.5 Å². The van der Waals surface area contributed by atoms with Gasteiger partial charge in [-0.05, 0) is 23.8 Å². The molecule has 8 heteroatoms. The van der Waals surface area contributed by atoms with Crippen LogP contribution >= 0.6 is 11.6 Å². The zero-order chi connectivity index (χ0) is 21.5. The molecule has 2 aliphatic heterocycles. The molecule has 1 aromatic heterocycles. The Morgan fingerprint density at radius 1 is 1.06 bits per heavy atom. The Labute approximate surface area is 184 Å². The maximum Gasteiger partial charge on any atom is 0.255 e. The summed E-state index contributed by atoms with van der Waals surface area (Å²) in [5.41, 5.74) is 2.38. The lowest BCUT2D eigenvalue weighted by Gasteiger charge is -2.45. The highest BCUT2D eigenvalue weighted by Gasteiger charge is 2.44. The van der Waals surface area contributed by atoms with Crippen molar-refractivity contribution in [2.24, 2.45) is 0 Å². The molecular weight excluding hydrogens is 416 g/mol. The molecule has 0 radical (unpaired) electrons. The van der Waals surface area contributed by atoms with Crippen molar-refractivity contribution < 1.29 is 14.4 Å². The van der Waals surface area contributed by atoms with Crippen molar-refractivity contribution in [2.75, 3.05) is 19.6 Å². The quantitative estimate of drug-likeness (QED) is 0.660. The molecule has 7 nitrogen and oxygen atoms in total.